The zero-order valence-electron chi connectivity index (χ0n) is 14.7. The van der Waals surface area contributed by atoms with Gasteiger partial charge >= 0.3 is 5.97 Å². The minimum absolute atomic E-state index is 0.0908. The molecule has 3 nitrogen and oxygen atoms in total. The second-order valence-electron chi connectivity index (χ2n) is 7.40. The highest BCUT2D eigenvalue weighted by Crippen LogP contribution is 2.42. The average molecular weight is 313 g/mol. The molecule has 2 rings (SSSR count). The number of esters is 1. The average Bonchev–Trinajstić information content (AvgIpc) is 2.86. The van der Waals surface area contributed by atoms with Gasteiger partial charge in [-0.15, -0.1) is 0 Å². The van der Waals surface area contributed by atoms with Gasteiger partial charge in [-0.05, 0) is 45.2 Å². The number of ether oxygens (including phenoxy) is 1. The van der Waals surface area contributed by atoms with Gasteiger partial charge in [-0.1, -0.05) is 37.1 Å². The van der Waals surface area contributed by atoms with Crippen LogP contribution in [-0.2, 0) is 4.74 Å². The standard InChI is InChI=1S/C20H27NO2/c1-14(2)17-9-8-15(3)18(17)11-20(4,5)13-23-19(22)16-7-6-10-21-12-16/h6-7,10,12,17H,1,8-9,11,13H2,2-5H3. The quantitative estimate of drug-likeness (QED) is 0.550. The molecule has 3 heteroatoms. The van der Waals surface area contributed by atoms with Gasteiger partial charge in [0.15, 0.2) is 0 Å². The highest BCUT2D eigenvalue weighted by Gasteiger charge is 2.30. The second-order valence-corrected chi connectivity index (χ2v) is 7.40. The van der Waals surface area contributed by atoms with Gasteiger partial charge < -0.3 is 4.74 Å². The summed E-state index contributed by atoms with van der Waals surface area (Å²) in [6.07, 6.45) is 6.45. The topological polar surface area (TPSA) is 39.2 Å². The summed E-state index contributed by atoms with van der Waals surface area (Å²) in [4.78, 5) is 16.0. The van der Waals surface area contributed by atoms with Crippen LogP contribution in [0, 0.1) is 11.3 Å². The highest BCUT2D eigenvalue weighted by molar-refractivity contribution is 5.88. The van der Waals surface area contributed by atoms with Crippen molar-refractivity contribution in [2.75, 3.05) is 6.61 Å². The van der Waals surface area contributed by atoms with E-state index < -0.39 is 0 Å². The number of nitrogens with zero attached hydrogens (tertiary/aromatic N) is 1. The Morgan fingerprint density at radius 2 is 2.22 bits per heavy atom. The maximum absolute atomic E-state index is 12.1. The molecule has 1 unspecified atom stereocenters. The Morgan fingerprint density at radius 3 is 2.83 bits per heavy atom. The first-order chi connectivity index (χ1) is 10.8. The van der Waals surface area contributed by atoms with Gasteiger partial charge in [0, 0.05) is 23.7 Å². The summed E-state index contributed by atoms with van der Waals surface area (Å²) in [5.74, 6) is 0.183. The van der Waals surface area contributed by atoms with E-state index >= 15 is 0 Å². The van der Waals surface area contributed by atoms with E-state index in [1.807, 2.05) is 0 Å². The molecule has 1 heterocycles. The summed E-state index contributed by atoms with van der Waals surface area (Å²) < 4.78 is 5.51. The molecule has 0 bridgehead atoms. The summed E-state index contributed by atoms with van der Waals surface area (Å²) >= 11 is 0. The molecule has 1 aliphatic carbocycles. The van der Waals surface area contributed by atoms with E-state index in [4.69, 9.17) is 4.74 Å². The van der Waals surface area contributed by atoms with Crippen molar-refractivity contribution in [3.63, 3.8) is 0 Å². The normalized spacial score (nSPS) is 18.2. The summed E-state index contributed by atoms with van der Waals surface area (Å²) in [7, 11) is 0. The van der Waals surface area contributed by atoms with E-state index in [0.717, 1.165) is 12.8 Å². The van der Waals surface area contributed by atoms with Gasteiger partial charge in [0.05, 0.1) is 12.2 Å². The SMILES string of the molecule is C=C(C)C1CCC(C)=C1CC(C)(C)COC(=O)c1cccnc1. The van der Waals surface area contributed by atoms with E-state index in [-0.39, 0.29) is 11.4 Å². The number of allylic oxidation sites excluding steroid dienone is 3. The summed E-state index contributed by atoms with van der Waals surface area (Å²) in [6.45, 7) is 13.2. The third-order valence-electron chi connectivity index (χ3n) is 4.53. The smallest absolute Gasteiger partial charge is 0.339 e. The monoisotopic (exact) mass is 313 g/mol. The Labute approximate surface area is 139 Å². The van der Waals surface area contributed by atoms with E-state index in [1.54, 1.807) is 18.3 Å². The lowest BCUT2D eigenvalue weighted by Gasteiger charge is -2.28. The maximum atomic E-state index is 12.1. The van der Waals surface area contributed by atoms with Gasteiger partial charge in [-0.2, -0.15) is 0 Å². The van der Waals surface area contributed by atoms with Crippen molar-refractivity contribution in [1.29, 1.82) is 0 Å². The van der Waals surface area contributed by atoms with Crippen molar-refractivity contribution in [3.8, 4) is 0 Å². The van der Waals surface area contributed by atoms with Gasteiger partial charge in [0.25, 0.3) is 0 Å². The number of rotatable bonds is 6. The molecule has 0 aliphatic heterocycles. The van der Waals surface area contributed by atoms with Gasteiger partial charge in [-0.25, -0.2) is 4.79 Å². The van der Waals surface area contributed by atoms with Crippen molar-refractivity contribution in [1.82, 2.24) is 4.98 Å². The summed E-state index contributed by atoms with van der Waals surface area (Å²) in [6, 6.07) is 3.47. The van der Waals surface area contributed by atoms with Crippen LogP contribution in [0.2, 0.25) is 0 Å². The molecule has 0 spiro atoms. The molecule has 0 radical (unpaired) electrons. The van der Waals surface area contributed by atoms with Crippen molar-refractivity contribution in [2.45, 2.75) is 47.0 Å². The molecule has 23 heavy (non-hydrogen) atoms. The fraction of sp³-hybridized carbons (Fsp3) is 0.500. The Kier molecular flexibility index (Phi) is 5.40. The number of carbonyl (C=O) groups excluding carboxylic acids is 1. The van der Waals surface area contributed by atoms with Crippen molar-refractivity contribution in [3.05, 3.63) is 53.4 Å². The molecule has 0 saturated heterocycles. The number of carbonyl (C=O) groups is 1. The minimum atomic E-state index is -0.306. The molecular weight excluding hydrogens is 286 g/mol. The number of aromatic nitrogens is 1. The number of pyridine rings is 1. The largest absolute Gasteiger partial charge is 0.461 e. The third kappa shape index (κ3) is 4.54. The van der Waals surface area contributed by atoms with Crippen LogP contribution in [-0.4, -0.2) is 17.6 Å². The third-order valence-corrected chi connectivity index (χ3v) is 4.53. The van der Waals surface area contributed by atoms with E-state index in [2.05, 4.69) is 39.3 Å². The van der Waals surface area contributed by atoms with Crippen molar-refractivity contribution in [2.24, 2.45) is 11.3 Å². The first-order valence-electron chi connectivity index (χ1n) is 8.21. The minimum Gasteiger partial charge on any atom is -0.461 e. The highest BCUT2D eigenvalue weighted by atomic mass is 16.5. The van der Waals surface area contributed by atoms with Crippen molar-refractivity contribution >= 4 is 5.97 Å². The zero-order chi connectivity index (χ0) is 17.0. The molecule has 0 saturated carbocycles. The molecule has 1 atom stereocenters. The lowest BCUT2D eigenvalue weighted by Crippen LogP contribution is -2.24. The molecular formula is C20H27NO2. The Balaban J connectivity index is 1.98. The molecule has 0 aromatic carbocycles. The first kappa shape index (κ1) is 17.5. The molecule has 124 valence electrons. The second kappa shape index (κ2) is 7.12. The Bertz CT molecular complexity index is 614. The van der Waals surface area contributed by atoms with Crippen molar-refractivity contribution < 1.29 is 9.53 Å². The van der Waals surface area contributed by atoms with Crippen LogP contribution >= 0.6 is 0 Å². The van der Waals surface area contributed by atoms with Crippen LogP contribution in [0.25, 0.3) is 0 Å². The Morgan fingerprint density at radius 1 is 1.48 bits per heavy atom. The van der Waals surface area contributed by atoms with Crippen LogP contribution < -0.4 is 0 Å². The predicted octanol–water partition coefficient (Wildman–Crippen LogP) is 4.96. The molecule has 0 fully saturated rings. The van der Waals surface area contributed by atoms with Crippen LogP contribution in [0.4, 0.5) is 0 Å². The lowest BCUT2D eigenvalue weighted by atomic mass is 9.80. The molecule has 1 aromatic heterocycles. The van der Waals surface area contributed by atoms with E-state index in [9.17, 15) is 4.79 Å². The fourth-order valence-electron chi connectivity index (χ4n) is 3.21. The van der Waals surface area contributed by atoms with Gasteiger partial charge in [-0.3, -0.25) is 4.98 Å². The predicted molar refractivity (Wildman–Crippen MR) is 93.2 cm³/mol. The van der Waals surface area contributed by atoms with E-state index in [0.29, 0.717) is 18.1 Å². The summed E-state index contributed by atoms with van der Waals surface area (Å²) in [5.41, 5.74) is 4.61. The van der Waals surface area contributed by atoms with Crippen LogP contribution in [0.1, 0.15) is 57.3 Å². The molecule has 1 aliphatic rings. The van der Waals surface area contributed by atoms with Gasteiger partial charge in [0.1, 0.15) is 0 Å². The number of hydrogen-bond acceptors (Lipinski definition) is 3. The van der Waals surface area contributed by atoms with E-state index in [1.165, 1.54) is 29.3 Å². The molecule has 1 aromatic rings. The number of hydrogen-bond donors (Lipinski definition) is 0. The lowest BCUT2D eigenvalue weighted by molar-refractivity contribution is 0.0338. The maximum Gasteiger partial charge on any atom is 0.339 e. The fourth-order valence-corrected chi connectivity index (χ4v) is 3.21. The zero-order valence-corrected chi connectivity index (χ0v) is 14.7. The molecule has 0 N–H and O–H groups in total. The Hall–Kier alpha value is -1.90. The van der Waals surface area contributed by atoms with Crippen LogP contribution in [0.3, 0.4) is 0 Å². The summed E-state index contributed by atoms with van der Waals surface area (Å²) in [5, 5.41) is 0. The molecule has 0 amide bonds. The van der Waals surface area contributed by atoms with Gasteiger partial charge in [0.2, 0.25) is 0 Å². The van der Waals surface area contributed by atoms with Crippen LogP contribution in [0.5, 0.6) is 0 Å². The first-order valence-corrected chi connectivity index (χ1v) is 8.21. The van der Waals surface area contributed by atoms with Crippen LogP contribution in [0.15, 0.2) is 47.8 Å².